The van der Waals surface area contributed by atoms with E-state index in [-0.39, 0.29) is 78.3 Å². The molecule has 0 heterocycles. The van der Waals surface area contributed by atoms with Gasteiger partial charge in [0.2, 0.25) is 0 Å². The van der Waals surface area contributed by atoms with Crippen LogP contribution < -0.4 is 0 Å². The second-order valence-electron chi connectivity index (χ2n) is 19.7. The average molecular weight is 917 g/mol. The van der Waals surface area contributed by atoms with Crippen molar-refractivity contribution in [3.63, 3.8) is 0 Å². The summed E-state index contributed by atoms with van der Waals surface area (Å²) in [4.78, 5) is 10.2. The molecule has 0 bridgehead atoms. The third kappa shape index (κ3) is 17.2. The summed E-state index contributed by atoms with van der Waals surface area (Å²) in [6.45, 7) is 44.1. The van der Waals surface area contributed by atoms with Gasteiger partial charge in [-0.2, -0.15) is 11.4 Å². The van der Waals surface area contributed by atoms with E-state index >= 15 is 0 Å². The molecule has 4 aromatic rings. The van der Waals surface area contributed by atoms with Gasteiger partial charge >= 0.3 is 75.5 Å². The van der Waals surface area contributed by atoms with Crippen LogP contribution in [-0.2, 0) is 0 Å². The molecule has 4 rings (SSSR count). The normalized spacial score (nSPS) is 12.7. The van der Waals surface area contributed by atoms with Gasteiger partial charge in [-0.25, -0.2) is 0 Å². The molecule has 0 aliphatic rings. The Labute approximate surface area is 455 Å². The molecule has 0 atom stereocenters. The largest absolute Gasteiger partial charge is 2.00 e. The van der Waals surface area contributed by atoms with Crippen molar-refractivity contribution in [3.8, 4) is 0 Å². The zero-order valence-electron chi connectivity index (χ0n) is 45.9. The standard InChI is InChI=1S/2C29H41N2.2Ca.2H/c2*1-18(2)24-13-11-14-25(19(3)4)28(24)30-22(9)17-23(10)31-29-26(20(5)6)15-12-16-27(29)21(7)8;;;;/h2*11-21H,1-10H3;;;;/q2*-1;2*+2;2*-1/b2*22-17-,31-23?;;;;. The van der Waals surface area contributed by atoms with E-state index < -0.39 is 0 Å². The van der Waals surface area contributed by atoms with E-state index in [9.17, 15) is 0 Å². The molecule has 0 spiro atoms. The van der Waals surface area contributed by atoms with Gasteiger partial charge in [-0.1, -0.05) is 232 Å². The summed E-state index contributed by atoms with van der Waals surface area (Å²) in [6, 6.07) is 26.3. The van der Waals surface area contributed by atoms with Crippen molar-refractivity contribution in [1.82, 2.24) is 0 Å². The molecule has 0 amide bonds. The van der Waals surface area contributed by atoms with Crippen LogP contribution in [0.15, 0.2) is 106 Å². The first-order valence-electron chi connectivity index (χ1n) is 23.5. The monoisotopic (exact) mass is 917 g/mol. The molecule has 0 radical (unpaired) electrons. The Balaban J connectivity index is 0. The van der Waals surface area contributed by atoms with Crippen molar-refractivity contribution >= 4 is 110 Å². The molecule has 6 heteroatoms. The predicted octanol–water partition coefficient (Wildman–Crippen LogP) is 19.2. The Kier molecular flexibility index (Phi) is 26.4. The van der Waals surface area contributed by atoms with Crippen molar-refractivity contribution in [2.45, 2.75) is 186 Å². The van der Waals surface area contributed by atoms with Crippen molar-refractivity contribution in [1.29, 1.82) is 0 Å². The number of hydrogen-bond donors (Lipinski definition) is 0. The SMILES string of the molecule is CC(/C=C(/C)[N-]c1c(C(C)C)cccc1C(C)C)=Nc1c(C(C)C)cccc1C(C)C.CC(/C=C(/C)[N-]c1c(C(C)C)cccc1C(C)C)=Nc1c(C(C)C)cccc1C(C)C.[Ca+2].[Ca+2].[H-].[H-]. The van der Waals surface area contributed by atoms with Crippen LogP contribution in [0.25, 0.3) is 10.6 Å². The van der Waals surface area contributed by atoms with Crippen LogP contribution in [-0.4, -0.2) is 86.9 Å². The van der Waals surface area contributed by atoms with Crippen LogP contribution in [0.2, 0.25) is 0 Å². The number of benzene rings is 4. The van der Waals surface area contributed by atoms with Crippen LogP contribution in [0.3, 0.4) is 0 Å². The second-order valence-corrected chi connectivity index (χ2v) is 19.7. The summed E-state index contributed by atoms with van der Waals surface area (Å²) in [5.74, 6) is 3.49. The topological polar surface area (TPSA) is 52.9 Å². The molecule has 4 nitrogen and oxygen atoms in total. The van der Waals surface area contributed by atoms with E-state index in [0.717, 1.165) is 45.6 Å². The Morgan fingerprint density at radius 3 is 0.734 bits per heavy atom. The maximum atomic E-state index is 5.08. The molecule has 0 unspecified atom stereocenters. The molecular formula is C58H84Ca2N4. The number of nitrogens with zero attached hydrogens (tertiary/aromatic N) is 4. The van der Waals surface area contributed by atoms with Crippen molar-refractivity contribution < 1.29 is 2.85 Å². The minimum atomic E-state index is 0. The van der Waals surface area contributed by atoms with Gasteiger partial charge in [-0.15, -0.1) is 11.4 Å². The smallest absolute Gasteiger partial charge is 1.00 e. The third-order valence-corrected chi connectivity index (χ3v) is 11.4. The van der Waals surface area contributed by atoms with Gasteiger partial charge < -0.3 is 13.5 Å². The Hall–Kier alpha value is -2.18. The molecule has 0 saturated heterocycles. The number of para-hydroxylation sites is 4. The van der Waals surface area contributed by atoms with Gasteiger partial charge in [0.05, 0.1) is 11.4 Å². The summed E-state index contributed by atoms with van der Waals surface area (Å²) in [7, 11) is 0. The number of rotatable bonds is 16. The molecule has 4 aromatic carbocycles. The Morgan fingerprint density at radius 1 is 0.359 bits per heavy atom. The van der Waals surface area contributed by atoms with Gasteiger partial charge in [0, 0.05) is 11.4 Å². The fraction of sp³-hybridized carbons (Fsp3) is 0.483. The molecule has 0 N–H and O–H groups in total. The quantitative estimate of drug-likeness (QED) is 0.0794. The second kappa shape index (κ2) is 28.2. The minimum Gasteiger partial charge on any atom is -1.00 e. The summed E-state index contributed by atoms with van der Waals surface area (Å²) >= 11 is 0. The van der Waals surface area contributed by atoms with Gasteiger partial charge in [-0.05, 0) is 83.4 Å². The van der Waals surface area contributed by atoms with Gasteiger partial charge in [-0.3, -0.25) is 9.98 Å². The van der Waals surface area contributed by atoms with E-state index in [1.54, 1.807) is 0 Å². The van der Waals surface area contributed by atoms with Crippen molar-refractivity contribution in [3.05, 3.63) is 151 Å². The average Bonchev–Trinajstić information content (AvgIpc) is 3.17. The first-order valence-corrected chi connectivity index (χ1v) is 23.5. The van der Waals surface area contributed by atoms with Crippen molar-refractivity contribution in [2.75, 3.05) is 0 Å². The molecule has 0 aliphatic carbocycles. The molecule has 0 aliphatic heterocycles. The fourth-order valence-electron chi connectivity index (χ4n) is 8.00. The predicted molar refractivity (Wildman–Crippen MR) is 291 cm³/mol. The van der Waals surface area contributed by atoms with Crippen LogP contribution in [0.5, 0.6) is 0 Å². The van der Waals surface area contributed by atoms with Crippen molar-refractivity contribution in [2.24, 2.45) is 9.98 Å². The van der Waals surface area contributed by atoms with E-state index in [4.69, 9.17) is 20.6 Å². The van der Waals surface area contributed by atoms with Crippen LogP contribution in [0.1, 0.15) is 233 Å². The summed E-state index contributed by atoms with van der Waals surface area (Å²) in [5.41, 5.74) is 18.9. The minimum absolute atomic E-state index is 0. The van der Waals surface area contributed by atoms with E-state index in [2.05, 4.69) is 223 Å². The van der Waals surface area contributed by atoms with Gasteiger partial charge in [0.25, 0.3) is 0 Å². The zero-order valence-corrected chi connectivity index (χ0v) is 48.3. The van der Waals surface area contributed by atoms with Gasteiger partial charge in [0.1, 0.15) is 0 Å². The first-order chi connectivity index (χ1) is 29.0. The van der Waals surface area contributed by atoms with E-state index in [1.165, 1.54) is 44.5 Å². The Morgan fingerprint density at radius 2 is 0.547 bits per heavy atom. The maximum Gasteiger partial charge on any atom is 2.00 e. The number of aliphatic imine (C=N–C) groups is 2. The molecule has 0 fully saturated rings. The first kappa shape index (κ1) is 59.8. The number of allylic oxidation sites excluding steroid dienone is 4. The summed E-state index contributed by atoms with van der Waals surface area (Å²) in [5, 5.41) is 10.2. The zero-order chi connectivity index (χ0) is 46.6. The van der Waals surface area contributed by atoms with E-state index in [0.29, 0.717) is 47.3 Å². The van der Waals surface area contributed by atoms with Crippen LogP contribution in [0.4, 0.5) is 22.7 Å². The molecule has 64 heavy (non-hydrogen) atoms. The molecular weight excluding hydrogens is 833 g/mol. The molecule has 340 valence electrons. The number of hydrogen-bond acceptors (Lipinski definition) is 2. The fourth-order valence-corrected chi connectivity index (χ4v) is 8.00. The van der Waals surface area contributed by atoms with Crippen LogP contribution in [0, 0.1) is 0 Å². The van der Waals surface area contributed by atoms with E-state index in [1.807, 2.05) is 0 Å². The summed E-state index contributed by atoms with van der Waals surface area (Å²) < 4.78 is 0. The molecule has 0 aromatic heterocycles. The van der Waals surface area contributed by atoms with Crippen LogP contribution >= 0.6 is 0 Å². The summed E-state index contributed by atoms with van der Waals surface area (Å²) in [6.07, 6.45) is 4.23. The Bertz CT molecular complexity index is 1960. The van der Waals surface area contributed by atoms with Gasteiger partial charge in [0.15, 0.2) is 0 Å². The third-order valence-electron chi connectivity index (χ3n) is 11.4. The maximum absolute atomic E-state index is 5.08. The molecule has 0 saturated carbocycles.